The number of nitrogens with two attached hydrogens (primary N) is 1. The Morgan fingerprint density at radius 3 is 2.45 bits per heavy atom. The number of rotatable bonds is 6. The van der Waals surface area contributed by atoms with Gasteiger partial charge in [0.2, 0.25) is 0 Å². The van der Waals surface area contributed by atoms with Crippen LogP contribution in [0.5, 0.6) is 5.75 Å². The smallest absolute Gasteiger partial charge is 0.321 e. The Bertz CT molecular complexity index is 705. The van der Waals surface area contributed by atoms with E-state index in [1.54, 1.807) is 0 Å². The third-order valence-electron chi connectivity index (χ3n) is 2.47. The molecular formula is C11H12ClNO7S2. The lowest BCUT2D eigenvalue weighted by atomic mass is 10.1. The van der Waals surface area contributed by atoms with Crippen LogP contribution < -0.4 is 5.73 Å². The number of carboxylic acid groups (broad SMARTS) is 1. The Balaban J connectivity index is 2.93. The van der Waals surface area contributed by atoms with E-state index in [-0.39, 0.29) is 16.3 Å². The number of phenolic OH excluding ortho intramolecular Hbond substituents is 1. The van der Waals surface area contributed by atoms with E-state index in [9.17, 15) is 23.1 Å². The Morgan fingerprint density at radius 2 is 1.95 bits per heavy atom. The molecule has 1 aromatic rings. The molecule has 0 aliphatic rings. The van der Waals surface area contributed by atoms with Crippen LogP contribution in [0.4, 0.5) is 0 Å². The molecule has 0 bridgehead atoms. The maximum absolute atomic E-state index is 11.7. The lowest BCUT2D eigenvalue weighted by Crippen LogP contribution is -2.33. The maximum Gasteiger partial charge on any atom is 0.321 e. The van der Waals surface area contributed by atoms with Gasteiger partial charge in [0, 0.05) is 22.8 Å². The van der Waals surface area contributed by atoms with Gasteiger partial charge in [0.15, 0.2) is 5.12 Å². The van der Waals surface area contributed by atoms with Gasteiger partial charge < -0.3 is 15.9 Å². The van der Waals surface area contributed by atoms with E-state index in [0.717, 1.165) is 6.07 Å². The summed E-state index contributed by atoms with van der Waals surface area (Å²) in [5.74, 6) is -2.23. The number of phenols is 1. The van der Waals surface area contributed by atoms with Crippen molar-refractivity contribution in [1.82, 2.24) is 0 Å². The normalized spacial score (nSPS) is 12.9. The molecule has 0 aliphatic carbocycles. The zero-order valence-corrected chi connectivity index (χ0v) is 13.3. The molecule has 0 aliphatic heterocycles. The first-order valence-electron chi connectivity index (χ1n) is 5.65. The number of aromatic hydroxyl groups is 1. The van der Waals surface area contributed by atoms with Crippen molar-refractivity contribution in [2.45, 2.75) is 17.4 Å². The van der Waals surface area contributed by atoms with E-state index in [0.29, 0.717) is 11.8 Å². The third kappa shape index (κ3) is 5.14. The molecule has 1 atom stereocenters. The van der Waals surface area contributed by atoms with E-state index in [1.807, 2.05) is 0 Å². The molecule has 0 saturated heterocycles. The van der Waals surface area contributed by atoms with Crippen LogP contribution in [0.15, 0.2) is 17.0 Å². The highest BCUT2D eigenvalue weighted by Gasteiger charge is 2.21. The molecule has 1 rings (SSSR count). The first kappa shape index (κ1) is 18.7. The van der Waals surface area contributed by atoms with Crippen LogP contribution in [0, 0.1) is 0 Å². The number of carbonyl (C=O) groups excluding carboxylic acids is 1. The van der Waals surface area contributed by atoms with Crippen LogP contribution in [0.2, 0.25) is 5.02 Å². The quantitative estimate of drug-likeness (QED) is 0.524. The molecular weight excluding hydrogens is 358 g/mol. The number of carbonyl (C=O) groups is 2. The summed E-state index contributed by atoms with van der Waals surface area (Å²) in [5, 5.41) is 17.7. The molecule has 5 N–H and O–H groups in total. The van der Waals surface area contributed by atoms with Crippen LogP contribution >= 0.6 is 23.4 Å². The molecule has 1 unspecified atom stereocenters. The highest BCUT2D eigenvalue weighted by atomic mass is 35.5. The highest BCUT2D eigenvalue weighted by molar-refractivity contribution is 8.13. The van der Waals surface area contributed by atoms with Gasteiger partial charge >= 0.3 is 5.97 Å². The second kappa shape index (κ2) is 7.29. The minimum absolute atomic E-state index is 0.0968. The molecule has 0 heterocycles. The zero-order valence-electron chi connectivity index (χ0n) is 10.9. The van der Waals surface area contributed by atoms with Crippen LogP contribution in [0.1, 0.15) is 5.56 Å². The van der Waals surface area contributed by atoms with Gasteiger partial charge in [-0.1, -0.05) is 23.4 Å². The van der Waals surface area contributed by atoms with E-state index in [2.05, 4.69) is 0 Å². The molecule has 1 aromatic carbocycles. The number of hydrogen-bond donors (Lipinski definition) is 4. The predicted octanol–water partition coefficient (Wildman–Crippen LogP) is 0.506. The van der Waals surface area contributed by atoms with Gasteiger partial charge in [0.25, 0.3) is 10.1 Å². The van der Waals surface area contributed by atoms with E-state index < -0.39 is 44.3 Å². The van der Waals surface area contributed by atoms with Gasteiger partial charge in [-0.25, -0.2) is 0 Å². The standard InChI is InChI=1S/C11H12ClNO7S2/c12-6-1-5(10(15)8(3-6)22(18,19)20)2-9(14)21-4-7(13)11(16)17/h1,3,7,15H,2,4,13H2,(H,16,17)(H,18,19,20). The lowest BCUT2D eigenvalue weighted by molar-refractivity contribution is -0.137. The molecule has 0 radical (unpaired) electrons. The van der Waals surface area contributed by atoms with Crippen molar-refractivity contribution in [2.75, 3.05) is 5.75 Å². The molecule has 8 nitrogen and oxygen atoms in total. The van der Waals surface area contributed by atoms with Gasteiger partial charge in [-0.05, 0) is 12.1 Å². The van der Waals surface area contributed by atoms with Crippen molar-refractivity contribution < 1.29 is 32.8 Å². The Kier molecular flexibility index (Phi) is 6.20. The first-order valence-corrected chi connectivity index (χ1v) is 8.45. The summed E-state index contributed by atoms with van der Waals surface area (Å²) in [6.07, 6.45) is -0.411. The largest absolute Gasteiger partial charge is 0.506 e. The minimum Gasteiger partial charge on any atom is -0.506 e. The average Bonchev–Trinajstić information content (AvgIpc) is 2.38. The van der Waals surface area contributed by atoms with Gasteiger partial charge in [-0.15, -0.1) is 0 Å². The predicted molar refractivity (Wildman–Crippen MR) is 79.7 cm³/mol. The summed E-state index contributed by atoms with van der Waals surface area (Å²) >= 11 is 6.30. The summed E-state index contributed by atoms with van der Waals surface area (Å²) < 4.78 is 31.2. The highest BCUT2D eigenvalue weighted by Crippen LogP contribution is 2.31. The number of halogens is 1. The van der Waals surface area contributed by atoms with Gasteiger partial charge in [-0.2, -0.15) is 8.42 Å². The van der Waals surface area contributed by atoms with Crippen molar-refractivity contribution in [3.63, 3.8) is 0 Å². The van der Waals surface area contributed by atoms with Crippen LogP contribution in [0.3, 0.4) is 0 Å². The molecule has 0 spiro atoms. The topological polar surface area (TPSA) is 155 Å². The fourth-order valence-electron chi connectivity index (χ4n) is 1.42. The average molecular weight is 370 g/mol. The summed E-state index contributed by atoms with van der Waals surface area (Å²) in [4.78, 5) is 21.4. The lowest BCUT2D eigenvalue weighted by Gasteiger charge is -2.09. The van der Waals surface area contributed by atoms with Crippen LogP contribution in [0.25, 0.3) is 0 Å². The van der Waals surface area contributed by atoms with Crippen molar-refractivity contribution in [2.24, 2.45) is 5.73 Å². The molecule has 0 fully saturated rings. The van der Waals surface area contributed by atoms with Crippen molar-refractivity contribution in [1.29, 1.82) is 0 Å². The molecule has 0 amide bonds. The van der Waals surface area contributed by atoms with Gasteiger partial charge in [0.1, 0.15) is 16.7 Å². The fraction of sp³-hybridized carbons (Fsp3) is 0.273. The van der Waals surface area contributed by atoms with E-state index in [4.69, 9.17) is 27.0 Å². The molecule has 11 heteroatoms. The van der Waals surface area contributed by atoms with Crippen molar-refractivity contribution in [3.05, 3.63) is 22.7 Å². The fourth-order valence-corrected chi connectivity index (χ4v) is 3.14. The number of hydrogen-bond acceptors (Lipinski definition) is 7. The molecule has 0 saturated carbocycles. The first-order chi connectivity index (χ1) is 10.0. The number of thioether (sulfide) groups is 1. The maximum atomic E-state index is 11.7. The second-order valence-corrected chi connectivity index (χ2v) is 7.09. The van der Waals surface area contributed by atoms with Crippen LogP contribution in [-0.2, 0) is 26.1 Å². The third-order valence-corrected chi connectivity index (χ3v) is 4.55. The van der Waals surface area contributed by atoms with E-state index >= 15 is 0 Å². The Labute approximate surface area is 135 Å². The SMILES string of the molecule is NC(CSC(=O)Cc1cc(Cl)cc(S(=O)(=O)O)c1O)C(=O)O. The molecule has 122 valence electrons. The van der Waals surface area contributed by atoms with Gasteiger partial charge in [0.05, 0.1) is 0 Å². The summed E-state index contributed by atoms with van der Waals surface area (Å²) in [5.41, 5.74) is 5.13. The van der Waals surface area contributed by atoms with Crippen LogP contribution in [-0.4, -0.2) is 46.1 Å². The minimum atomic E-state index is -4.70. The summed E-state index contributed by atoms with van der Waals surface area (Å²) in [6, 6.07) is 0.782. The monoisotopic (exact) mass is 369 g/mol. The zero-order chi connectivity index (χ0) is 17.1. The Morgan fingerprint density at radius 1 is 1.36 bits per heavy atom. The number of benzene rings is 1. The summed E-state index contributed by atoms with van der Waals surface area (Å²) in [7, 11) is -4.70. The Hall–Kier alpha value is -1.33. The van der Waals surface area contributed by atoms with Gasteiger partial charge in [-0.3, -0.25) is 14.1 Å². The summed E-state index contributed by atoms with van der Waals surface area (Å²) in [6.45, 7) is 0. The molecule has 0 aromatic heterocycles. The number of carboxylic acids is 1. The second-order valence-electron chi connectivity index (χ2n) is 4.19. The van der Waals surface area contributed by atoms with E-state index in [1.165, 1.54) is 6.07 Å². The molecule has 22 heavy (non-hydrogen) atoms. The van der Waals surface area contributed by atoms with Crippen molar-refractivity contribution >= 4 is 44.6 Å². The van der Waals surface area contributed by atoms with Crippen molar-refractivity contribution in [3.8, 4) is 5.75 Å². The number of aliphatic carboxylic acids is 1.